The molecule has 3 aromatic rings. The van der Waals surface area contributed by atoms with Gasteiger partial charge in [0, 0.05) is 11.3 Å². The van der Waals surface area contributed by atoms with Crippen LogP contribution in [0.3, 0.4) is 0 Å². The van der Waals surface area contributed by atoms with E-state index < -0.39 is 6.04 Å². The van der Waals surface area contributed by atoms with Crippen LogP contribution >= 0.6 is 0 Å². The average molecular weight is 446 g/mol. The van der Waals surface area contributed by atoms with E-state index in [2.05, 4.69) is 28.8 Å². The summed E-state index contributed by atoms with van der Waals surface area (Å²) in [7, 11) is 1.73. The average Bonchev–Trinajstić information content (AvgIpc) is 2.97. The number of benzene rings is 3. The van der Waals surface area contributed by atoms with E-state index in [1.54, 1.807) is 14.0 Å². The number of nitrogens with one attached hydrogen (secondary N) is 2. The number of fused-ring (bicyclic) bond motifs is 2. The van der Waals surface area contributed by atoms with Crippen molar-refractivity contribution in [2.24, 2.45) is 0 Å². The Morgan fingerprint density at radius 3 is 2.67 bits per heavy atom. The number of ether oxygens (including phenoxy) is 1. The van der Waals surface area contributed by atoms with Gasteiger partial charge in [0.25, 0.3) is 0 Å². The fraction of sp³-hybridized carbons (Fsp3) is 0.333. The van der Waals surface area contributed by atoms with Gasteiger partial charge in [0.1, 0.15) is 11.8 Å². The summed E-state index contributed by atoms with van der Waals surface area (Å²) in [5, 5.41) is 8.06. The molecular formula is C27H31N3O3. The van der Waals surface area contributed by atoms with Gasteiger partial charge in [-0.15, -0.1) is 0 Å². The first-order valence-electron chi connectivity index (χ1n) is 11.5. The molecule has 2 unspecified atom stereocenters. The maximum atomic E-state index is 13.8. The van der Waals surface area contributed by atoms with Gasteiger partial charge in [0.2, 0.25) is 11.8 Å². The van der Waals surface area contributed by atoms with E-state index in [-0.39, 0.29) is 17.9 Å². The number of nitrogens with zero attached hydrogens (tertiary/aromatic N) is 1. The third-order valence-electron chi connectivity index (χ3n) is 6.31. The largest absolute Gasteiger partial charge is 0.494 e. The topological polar surface area (TPSA) is 70.7 Å². The van der Waals surface area contributed by atoms with E-state index in [9.17, 15) is 9.59 Å². The monoisotopic (exact) mass is 445 g/mol. The van der Waals surface area contributed by atoms with Crippen molar-refractivity contribution in [2.75, 3.05) is 18.6 Å². The number of carbonyl (C=O) groups excluding carboxylic acids is 2. The molecule has 33 heavy (non-hydrogen) atoms. The summed E-state index contributed by atoms with van der Waals surface area (Å²) in [5.41, 5.74) is 2.95. The van der Waals surface area contributed by atoms with Gasteiger partial charge in [-0.2, -0.15) is 0 Å². The first kappa shape index (κ1) is 22.8. The molecule has 2 atom stereocenters. The molecule has 1 aliphatic rings. The Bertz CT molecular complexity index is 1160. The van der Waals surface area contributed by atoms with Gasteiger partial charge in [0.05, 0.1) is 19.2 Å². The molecule has 0 saturated heterocycles. The van der Waals surface area contributed by atoms with Crippen LogP contribution in [0.1, 0.15) is 31.4 Å². The second-order valence-corrected chi connectivity index (χ2v) is 8.36. The zero-order valence-electron chi connectivity index (χ0n) is 19.4. The van der Waals surface area contributed by atoms with Gasteiger partial charge in [-0.3, -0.25) is 9.59 Å². The highest BCUT2D eigenvalue weighted by molar-refractivity contribution is 6.01. The quantitative estimate of drug-likeness (QED) is 0.580. The number of aryl methyl sites for hydroxylation is 1. The molecule has 1 heterocycles. The Labute approximate surface area is 194 Å². The standard InChI is InChI=1S/C27H31N3O3/c1-4-33-25-16-14-19-9-5-7-11-21(19)22(25)17-30-24-12-8-6-10-20(24)13-15-23(27(30)32)29-26(31)18(2)28-3/h5-12,14,16,18,23,28H,4,13,15,17H2,1-3H3,(H,29,31). The Morgan fingerprint density at radius 1 is 1.12 bits per heavy atom. The van der Waals surface area contributed by atoms with E-state index >= 15 is 0 Å². The van der Waals surface area contributed by atoms with Gasteiger partial charge >= 0.3 is 0 Å². The maximum Gasteiger partial charge on any atom is 0.249 e. The molecule has 0 saturated carbocycles. The van der Waals surface area contributed by atoms with Crippen LogP contribution in [-0.4, -0.2) is 37.6 Å². The van der Waals surface area contributed by atoms with Crippen LogP contribution in [0, 0.1) is 0 Å². The fourth-order valence-corrected chi connectivity index (χ4v) is 4.37. The lowest BCUT2D eigenvalue weighted by molar-refractivity contribution is -0.128. The summed E-state index contributed by atoms with van der Waals surface area (Å²) >= 11 is 0. The van der Waals surface area contributed by atoms with E-state index in [0.29, 0.717) is 26.0 Å². The Kier molecular flexibility index (Phi) is 6.94. The van der Waals surface area contributed by atoms with Gasteiger partial charge < -0.3 is 20.3 Å². The lowest BCUT2D eigenvalue weighted by Gasteiger charge is -2.28. The Balaban J connectivity index is 1.76. The zero-order valence-corrected chi connectivity index (χ0v) is 19.4. The molecule has 2 N–H and O–H groups in total. The predicted octanol–water partition coefficient (Wildman–Crippen LogP) is 3.81. The lowest BCUT2D eigenvalue weighted by atomic mass is 10.0. The number of anilines is 1. The molecule has 172 valence electrons. The summed E-state index contributed by atoms with van der Waals surface area (Å²) in [6.45, 7) is 4.64. The second-order valence-electron chi connectivity index (χ2n) is 8.36. The molecule has 0 fully saturated rings. The van der Waals surface area contributed by atoms with Crippen molar-refractivity contribution in [3.05, 3.63) is 71.8 Å². The fourth-order valence-electron chi connectivity index (χ4n) is 4.37. The summed E-state index contributed by atoms with van der Waals surface area (Å²) in [4.78, 5) is 28.2. The molecule has 0 radical (unpaired) electrons. The van der Waals surface area contributed by atoms with Crippen molar-refractivity contribution < 1.29 is 14.3 Å². The Morgan fingerprint density at radius 2 is 1.88 bits per heavy atom. The van der Waals surface area contributed by atoms with E-state index in [4.69, 9.17) is 4.74 Å². The summed E-state index contributed by atoms with van der Waals surface area (Å²) in [6.07, 6.45) is 1.27. The molecule has 4 rings (SSSR count). The van der Waals surface area contributed by atoms with Crippen LogP contribution < -0.4 is 20.3 Å². The minimum atomic E-state index is -0.591. The molecule has 3 aromatic carbocycles. The predicted molar refractivity (Wildman–Crippen MR) is 132 cm³/mol. The van der Waals surface area contributed by atoms with Gasteiger partial charge in [-0.05, 0) is 62.2 Å². The number of carbonyl (C=O) groups is 2. The van der Waals surface area contributed by atoms with Crippen LogP contribution in [0.4, 0.5) is 5.69 Å². The molecule has 0 bridgehead atoms. The highest BCUT2D eigenvalue weighted by Gasteiger charge is 2.32. The highest BCUT2D eigenvalue weighted by Crippen LogP contribution is 2.34. The van der Waals surface area contributed by atoms with Crippen molar-refractivity contribution >= 4 is 28.3 Å². The second kappa shape index (κ2) is 10.0. The van der Waals surface area contributed by atoms with Crippen LogP contribution in [0.2, 0.25) is 0 Å². The molecule has 0 aliphatic carbocycles. The summed E-state index contributed by atoms with van der Waals surface area (Å²) in [5.74, 6) is 0.490. The number of amides is 2. The first-order chi connectivity index (χ1) is 16.0. The number of para-hydroxylation sites is 1. The molecule has 6 heteroatoms. The smallest absolute Gasteiger partial charge is 0.249 e. The van der Waals surface area contributed by atoms with Crippen molar-refractivity contribution in [1.29, 1.82) is 0 Å². The third kappa shape index (κ3) is 4.71. The number of hydrogen-bond acceptors (Lipinski definition) is 4. The number of rotatable bonds is 7. The van der Waals surface area contributed by atoms with Crippen molar-refractivity contribution in [3.63, 3.8) is 0 Å². The van der Waals surface area contributed by atoms with Crippen LogP contribution in [0.25, 0.3) is 10.8 Å². The molecule has 6 nitrogen and oxygen atoms in total. The highest BCUT2D eigenvalue weighted by atomic mass is 16.5. The Hall–Kier alpha value is -3.38. The van der Waals surface area contributed by atoms with Crippen LogP contribution in [-0.2, 0) is 22.6 Å². The SMILES string of the molecule is CCOc1ccc2ccccc2c1CN1C(=O)C(NC(=O)C(C)NC)CCc2ccccc21. The van der Waals surface area contributed by atoms with Gasteiger partial charge in [-0.25, -0.2) is 0 Å². The molecule has 0 spiro atoms. The maximum absolute atomic E-state index is 13.8. The van der Waals surface area contributed by atoms with Crippen molar-refractivity contribution in [2.45, 2.75) is 45.3 Å². The lowest BCUT2D eigenvalue weighted by Crippen LogP contribution is -2.52. The van der Waals surface area contributed by atoms with Crippen LogP contribution in [0.15, 0.2) is 60.7 Å². The van der Waals surface area contributed by atoms with Gasteiger partial charge in [0.15, 0.2) is 0 Å². The minimum absolute atomic E-state index is 0.105. The molecular weight excluding hydrogens is 414 g/mol. The zero-order chi connectivity index (χ0) is 23.4. The molecule has 1 aliphatic heterocycles. The van der Waals surface area contributed by atoms with Crippen molar-refractivity contribution in [3.8, 4) is 5.75 Å². The summed E-state index contributed by atoms with van der Waals surface area (Å²) in [6, 6.07) is 19.2. The number of likely N-dealkylation sites (N-methyl/N-ethyl adjacent to an activating group) is 1. The third-order valence-corrected chi connectivity index (χ3v) is 6.31. The normalized spacial score (nSPS) is 16.8. The minimum Gasteiger partial charge on any atom is -0.494 e. The number of hydrogen-bond donors (Lipinski definition) is 2. The van der Waals surface area contributed by atoms with Gasteiger partial charge in [-0.1, -0.05) is 48.5 Å². The van der Waals surface area contributed by atoms with E-state index in [1.165, 1.54) is 0 Å². The van der Waals surface area contributed by atoms with Crippen LogP contribution in [0.5, 0.6) is 5.75 Å². The van der Waals surface area contributed by atoms with Crippen molar-refractivity contribution in [1.82, 2.24) is 10.6 Å². The van der Waals surface area contributed by atoms with E-state index in [1.807, 2.05) is 54.3 Å². The molecule has 2 amide bonds. The molecule has 0 aromatic heterocycles. The summed E-state index contributed by atoms with van der Waals surface area (Å²) < 4.78 is 5.96. The first-order valence-corrected chi connectivity index (χ1v) is 11.5. The van der Waals surface area contributed by atoms with E-state index in [0.717, 1.165) is 33.3 Å².